The maximum atomic E-state index is 12.9. The summed E-state index contributed by atoms with van der Waals surface area (Å²) >= 11 is 0. The van der Waals surface area contributed by atoms with Gasteiger partial charge in [0.15, 0.2) is 0 Å². The van der Waals surface area contributed by atoms with Gasteiger partial charge in [-0.25, -0.2) is 8.42 Å². The van der Waals surface area contributed by atoms with E-state index in [1.54, 1.807) is 6.92 Å². The summed E-state index contributed by atoms with van der Waals surface area (Å²) in [5.74, 6) is -0.201. The summed E-state index contributed by atoms with van der Waals surface area (Å²) in [5.41, 5.74) is -0.301. The first kappa shape index (κ1) is 23.1. The molecule has 6 nitrogen and oxygen atoms in total. The Morgan fingerprint density at radius 1 is 1.06 bits per heavy atom. The van der Waals surface area contributed by atoms with Crippen LogP contribution in [0.3, 0.4) is 0 Å². The Labute approximate surface area is 179 Å². The number of hydrogen-bond acceptors (Lipinski definition) is 4. The molecule has 1 saturated heterocycles. The van der Waals surface area contributed by atoms with Crippen LogP contribution in [0.4, 0.5) is 24.5 Å². The lowest BCUT2D eigenvalue weighted by atomic mass is 9.96. The van der Waals surface area contributed by atoms with Crippen LogP contribution in [0.25, 0.3) is 0 Å². The van der Waals surface area contributed by atoms with Gasteiger partial charge in [-0.3, -0.25) is 9.52 Å². The second-order valence-corrected chi connectivity index (χ2v) is 9.38. The fourth-order valence-corrected chi connectivity index (χ4v) is 4.79. The quantitative estimate of drug-likeness (QED) is 0.712. The fourth-order valence-electron chi connectivity index (χ4n) is 3.51. The van der Waals surface area contributed by atoms with Crippen LogP contribution in [-0.4, -0.2) is 39.4 Å². The number of rotatable bonds is 5. The van der Waals surface area contributed by atoms with Gasteiger partial charge >= 0.3 is 6.18 Å². The van der Waals surface area contributed by atoms with Crippen LogP contribution >= 0.6 is 0 Å². The molecule has 0 radical (unpaired) electrons. The third-order valence-corrected chi connectivity index (χ3v) is 6.80. The second-order valence-electron chi connectivity index (χ2n) is 7.73. The molecular weight excluding hydrogens is 431 g/mol. The topological polar surface area (TPSA) is 78.5 Å². The van der Waals surface area contributed by atoms with Crippen LogP contribution in [0, 0.1) is 12.8 Å². The Balaban J connectivity index is 1.73. The highest BCUT2D eigenvalue weighted by atomic mass is 32.2. The minimum absolute atomic E-state index is 0.0813. The van der Waals surface area contributed by atoms with Crippen LogP contribution in [0.5, 0.6) is 0 Å². The zero-order valence-electron chi connectivity index (χ0n) is 17.2. The molecule has 1 amide bonds. The van der Waals surface area contributed by atoms with E-state index < -0.39 is 21.8 Å². The molecule has 1 aliphatic heterocycles. The highest BCUT2D eigenvalue weighted by molar-refractivity contribution is 7.92. The van der Waals surface area contributed by atoms with Crippen molar-refractivity contribution in [1.29, 1.82) is 0 Å². The molecule has 2 N–H and O–H groups in total. The SMILES string of the molecule is Cc1cc(NC(=O)C2CCN(C)CC2)ccc1S(=O)(=O)Nc1cccc(C(F)(F)F)c1. The molecule has 0 bridgehead atoms. The Hall–Kier alpha value is -2.59. The molecule has 0 unspecified atom stereocenters. The standard InChI is InChI=1S/C21H24F3N3O3S/c1-14-12-17(25-20(28)15-8-10-27(2)11-9-15)6-7-19(14)31(29,30)26-18-5-3-4-16(13-18)21(22,23)24/h3-7,12-13,15,26H,8-11H2,1-2H3,(H,25,28). The van der Waals surface area contributed by atoms with Crippen LogP contribution in [-0.2, 0) is 21.0 Å². The van der Waals surface area contributed by atoms with Gasteiger partial charge in [0, 0.05) is 17.3 Å². The largest absolute Gasteiger partial charge is 0.416 e. The van der Waals surface area contributed by atoms with E-state index in [1.165, 1.54) is 24.3 Å². The van der Waals surface area contributed by atoms with Gasteiger partial charge in [0.2, 0.25) is 5.91 Å². The number of nitrogens with one attached hydrogen (secondary N) is 2. The predicted octanol–water partition coefficient (Wildman–Crippen LogP) is 4.09. The van der Waals surface area contributed by atoms with Gasteiger partial charge in [0.1, 0.15) is 0 Å². The van der Waals surface area contributed by atoms with Gasteiger partial charge < -0.3 is 10.2 Å². The van der Waals surface area contributed by atoms with Crippen LogP contribution in [0.1, 0.15) is 24.0 Å². The zero-order valence-corrected chi connectivity index (χ0v) is 18.0. The van der Waals surface area contributed by atoms with Crippen LogP contribution in [0.15, 0.2) is 47.4 Å². The maximum absolute atomic E-state index is 12.9. The van der Waals surface area contributed by atoms with E-state index in [1.807, 2.05) is 7.05 Å². The average molecular weight is 456 g/mol. The first-order valence-corrected chi connectivity index (χ1v) is 11.2. The number of aryl methyl sites for hydroxylation is 1. The fraction of sp³-hybridized carbons (Fsp3) is 0.381. The lowest BCUT2D eigenvalue weighted by Gasteiger charge is -2.28. The average Bonchev–Trinajstić information content (AvgIpc) is 2.67. The molecule has 1 fully saturated rings. The monoisotopic (exact) mass is 455 g/mol. The molecule has 31 heavy (non-hydrogen) atoms. The molecule has 168 valence electrons. The number of hydrogen-bond donors (Lipinski definition) is 2. The number of likely N-dealkylation sites (tertiary alicyclic amines) is 1. The summed E-state index contributed by atoms with van der Waals surface area (Å²) in [4.78, 5) is 14.5. The van der Waals surface area contributed by atoms with E-state index in [4.69, 9.17) is 0 Å². The van der Waals surface area contributed by atoms with Crippen molar-refractivity contribution in [3.05, 3.63) is 53.6 Å². The van der Waals surface area contributed by atoms with Gasteiger partial charge in [-0.15, -0.1) is 0 Å². The first-order chi connectivity index (χ1) is 14.5. The number of nitrogens with zero attached hydrogens (tertiary/aromatic N) is 1. The summed E-state index contributed by atoms with van der Waals surface area (Å²) in [5, 5.41) is 2.82. The van der Waals surface area contributed by atoms with Gasteiger partial charge in [0.05, 0.1) is 10.5 Å². The molecule has 0 aliphatic carbocycles. The second kappa shape index (κ2) is 8.88. The summed E-state index contributed by atoms with van der Waals surface area (Å²) in [6.45, 7) is 3.25. The number of anilines is 2. The normalized spacial score (nSPS) is 16.2. The summed E-state index contributed by atoms with van der Waals surface area (Å²) in [6, 6.07) is 8.32. The van der Waals surface area contributed by atoms with E-state index in [-0.39, 0.29) is 22.4 Å². The molecule has 1 aliphatic rings. The summed E-state index contributed by atoms with van der Waals surface area (Å²) in [6.07, 6.45) is -3.06. The van der Waals surface area contributed by atoms with Crippen LogP contribution in [0.2, 0.25) is 0 Å². The van der Waals surface area contributed by atoms with Gasteiger partial charge in [-0.2, -0.15) is 13.2 Å². The number of benzene rings is 2. The van der Waals surface area contributed by atoms with E-state index in [0.717, 1.165) is 44.1 Å². The van der Waals surface area contributed by atoms with Gasteiger partial charge in [0.25, 0.3) is 10.0 Å². The third kappa shape index (κ3) is 5.76. The zero-order chi connectivity index (χ0) is 22.8. The van der Waals surface area contributed by atoms with Crippen molar-refractivity contribution in [1.82, 2.24) is 4.90 Å². The number of carbonyl (C=O) groups is 1. The molecule has 0 aromatic heterocycles. The number of piperidine rings is 1. The van der Waals surface area contributed by atoms with E-state index >= 15 is 0 Å². The number of sulfonamides is 1. The number of carbonyl (C=O) groups excluding carboxylic acids is 1. The van der Waals surface area contributed by atoms with Crippen molar-refractivity contribution in [2.75, 3.05) is 30.2 Å². The third-order valence-electron chi connectivity index (χ3n) is 5.26. The Kier molecular flexibility index (Phi) is 6.61. The van der Waals surface area contributed by atoms with Gasteiger partial charge in [-0.05, 0) is 81.9 Å². The lowest BCUT2D eigenvalue weighted by molar-refractivity contribution is -0.137. The van der Waals surface area contributed by atoms with Crippen molar-refractivity contribution in [3.8, 4) is 0 Å². The summed E-state index contributed by atoms with van der Waals surface area (Å²) in [7, 11) is -2.11. The van der Waals surface area contributed by atoms with Crippen molar-refractivity contribution in [2.24, 2.45) is 5.92 Å². The maximum Gasteiger partial charge on any atom is 0.416 e. The molecule has 0 spiro atoms. The molecule has 3 rings (SSSR count). The Morgan fingerprint density at radius 3 is 2.35 bits per heavy atom. The molecule has 0 saturated carbocycles. The molecule has 0 atom stereocenters. The van der Waals surface area contributed by atoms with Crippen LogP contribution < -0.4 is 10.0 Å². The highest BCUT2D eigenvalue weighted by Crippen LogP contribution is 2.31. The smallest absolute Gasteiger partial charge is 0.326 e. The minimum Gasteiger partial charge on any atom is -0.326 e. The molecular formula is C21H24F3N3O3S. The number of alkyl halides is 3. The lowest BCUT2D eigenvalue weighted by Crippen LogP contribution is -2.35. The first-order valence-electron chi connectivity index (χ1n) is 9.76. The van der Waals surface area contributed by atoms with Crippen molar-refractivity contribution in [3.63, 3.8) is 0 Å². The van der Waals surface area contributed by atoms with E-state index in [0.29, 0.717) is 11.3 Å². The number of halogens is 3. The van der Waals surface area contributed by atoms with Crippen molar-refractivity contribution >= 4 is 27.3 Å². The number of amides is 1. The Morgan fingerprint density at radius 2 is 1.74 bits per heavy atom. The van der Waals surface area contributed by atoms with E-state index in [9.17, 15) is 26.4 Å². The highest BCUT2D eigenvalue weighted by Gasteiger charge is 2.31. The van der Waals surface area contributed by atoms with Gasteiger partial charge in [-0.1, -0.05) is 6.07 Å². The Bertz CT molecular complexity index is 1060. The van der Waals surface area contributed by atoms with Crippen molar-refractivity contribution < 1.29 is 26.4 Å². The minimum atomic E-state index is -4.58. The van der Waals surface area contributed by atoms with E-state index in [2.05, 4.69) is 14.9 Å². The molecule has 1 heterocycles. The molecule has 10 heteroatoms. The van der Waals surface area contributed by atoms with Crippen molar-refractivity contribution in [2.45, 2.75) is 30.8 Å². The predicted molar refractivity (Wildman–Crippen MR) is 112 cm³/mol. The summed E-state index contributed by atoms with van der Waals surface area (Å²) < 4.78 is 66.2. The molecule has 2 aromatic carbocycles. The molecule has 2 aromatic rings.